The second-order valence-electron chi connectivity index (χ2n) is 6.80. The van der Waals surface area contributed by atoms with Gasteiger partial charge in [-0.05, 0) is 48.7 Å². The van der Waals surface area contributed by atoms with Crippen molar-refractivity contribution < 1.29 is 14.2 Å². The Labute approximate surface area is 193 Å². The summed E-state index contributed by atoms with van der Waals surface area (Å²) in [7, 11) is 3.25. The number of rotatable bonds is 6. The second kappa shape index (κ2) is 10.9. The minimum Gasteiger partial charge on any atom is -0.497 e. The second-order valence-corrected chi connectivity index (χ2v) is 7.20. The van der Waals surface area contributed by atoms with Crippen molar-refractivity contribution in [2.24, 2.45) is 10.7 Å². The number of hydrogen-bond donors (Lipinski definition) is 2. The molecule has 3 N–H and O–H groups in total. The van der Waals surface area contributed by atoms with Crippen molar-refractivity contribution in [2.75, 3.05) is 39.3 Å². The standard InChI is InChI=1S/C21H26ClN3O3.HI/c1-26-17-6-3-15(4-7-17)21(9-11-28-12-10-21)14-24-20(23)25-16-5-8-19(27-2)18(22)13-16;/h3-8,13H,9-12,14H2,1-2H3,(H3,23,24,25);1H. The van der Waals surface area contributed by atoms with Crippen molar-refractivity contribution in [1.82, 2.24) is 0 Å². The van der Waals surface area contributed by atoms with Crippen molar-refractivity contribution in [3.8, 4) is 11.5 Å². The Kier molecular flexibility index (Phi) is 8.85. The van der Waals surface area contributed by atoms with E-state index in [1.54, 1.807) is 26.4 Å². The van der Waals surface area contributed by atoms with E-state index in [1.807, 2.05) is 18.2 Å². The number of hydrogen-bond acceptors (Lipinski definition) is 4. The van der Waals surface area contributed by atoms with Gasteiger partial charge in [-0.15, -0.1) is 24.0 Å². The van der Waals surface area contributed by atoms with E-state index in [9.17, 15) is 0 Å². The fourth-order valence-electron chi connectivity index (χ4n) is 3.41. The maximum Gasteiger partial charge on any atom is 0.193 e. The fraction of sp³-hybridized carbons (Fsp3) is 0.381. The Balaban J connectivity index is 0.00000300. The first-order valence-electron chi connectivity index (χ1n) is 9.19. The first kappa shape index (κ1) is 23.6. The molecule has 158 valence electrons. The van der Waals surface area contributed by atoms with Crippen LogP contribution < -0.4 is 20.5 Å². The highest BCUT2D eigenvalue weighted by Crippen LogP contribution is 2.36. The number of anilines is 1. The van der Waals surface area contributed by atoms with Crippen LogP contribution in [-0.4, -0.2) is 39.9 Å². The summed E-state index contributed by atoms with van der Waals surface area (Å²) >= 11 is 6.17. The van der Waals surface area contributed by atoms with Gasteiger partial charge in [0.2, 0.25) is 0 Å². The van der Waals surface area contributed by atoms with Crippen LogP contribution in [0.5, 0.6) is 11.5 Å². The number of nitrogens with zero attached hydrogens (tertiary/aromatic N) is 1. The van der Waals surface area contributed by atoms with E-state index in [0.717, 1.165) is 24.3 Å². The quantitative estimate of drug-likeness (QED) is 0.327. The van der Waals surface area contributed by atoms with Gasteiger partial charge >= 0.3 is 0 Å². The molecule has 1 heterocycles. The zero-order valence-corrected chi connectivity index (χ0v) is 19.7. The van der Waals surface area contributed by atoms with Crippen molar-refractivity contribution in [3.63, 3.8) is 0 Å². The lowest BCUT2D eigenvalue weighted by molar-refractivity contribution is 0.0531. The van der Waals surface area contributed by atoms with Crippen LogP contribution in [0, 0.1) is 0 Å². The monoisotopic (exact) mass is 531 g/mol. The first-order valence-corrected chi connectivity index (χ1v) is 9.57. The molecule has 0 spiro atoms. The van der Waals surface area contributed by atoms with E-state index in [1.165, 1.54) is 5.56 Å². The molecule has 1 aliphatic heterocycles. The lowest BCUT2D eigenvalue weighted by Crippen LogP contribution is -2.38. The summed E-state index contributed by atoms with van der Waals surface area (Å²) in [6.07, 6.45) is 1.79. The summed E-state index contributed by atoms with van der Waals surface area (Å²) in [6.45, 7) is 2.00. The number of aliphatic imine (C=N–C) groups is 1. The molecule has 2 aromatic carbocycles. The Morgan fingerprint density at radius 1 is 1.14 bits per heavy atom. The molecule has 29 heavy (non-hydrogen) atoms. The van der Waals surface area contributed by atoms with Gasteiger partial charge in [0.1, 0.15) is 11.5 Å². The largest absolute Gasteiger partial charge is 0.497 e. The topological polar surface area (TPSA) is 78.1 Å². The van der Waals surface area contributed by atoms with Crippen LogP contribution in [-0.2, 0) is 10.2 Å². The molecule has 6 nitrogen and oxygen atoms in total. The van der Waals surface area contributed by atoms with Crippen molar-refractivity contribution in [3.05, 3.63) is 53.1 Å². The predicted octanol–water partition coefficient (Wildman–Crippen LogP) is 4.45. The number of methoxy groups -OCH3 is 2. The van der Waals surface area contributed by atoms with Gasteiger partial charge in [0.15, 0.2) is 5.96 Å². The third-order valence-corrected chi connectivity index (χ3v) is 5.42. The first-order chi connectivity index (χ1) is 13.6. The van der Waals surface area contributed by atoms with Crippen LogP contribution in [0.15, 0.2) is 47.5 Å². The average molecular weight is 532 g/mol. The fourth-order valence-corrected chi connectivity index (χ4v) is 3.67. The van der Waals surface area contributed by atoms with Crippen LogP contribution in [0.4, 0.5) is 5.69 Å². The van der Waals surface area contributed by atoms with Crippen LogP contribution in [0.1, 0.15) is 18.4 Å². The molecule has 0 radical (unpaired) electrons. The molecule has 0 saturated carbocycles. The highest BCUT2D eigenvalue weighted by molar-refractivity contribution is 14.0. The minimum atomic E-state index is -0.103. The SMILES string of the molecule is COc1ccc(C2(CN=C(N)Nc3ccc(OC)c(Cl)c3)CCOCC2)cc1.I. The molecule has 1 fully saturated rings. The van der Waals surface area contributed by atoms with Crippen LogP contribution in [0.25, 0.3) is 0 Å². The maximum absolute atomic E-state index is 6.17. The summed E-state index contributed by atoms with van der Waals surface area (Å²) in [5, 5.41) is 3.61. The number of benzene rings is 2. The third-order valence-electron chi connectivity index (χ3n) is 5.13. The van der Waals surface area contributed by atoms with E-state index < -0.39 is 0 Å². The highest BCUT2D eigenvalue weighted by atomic mass is 127. The van der Waals surface area contributed by atoms with Gasteiger partial charge in [-0.1, -0.05) is 23.7 Å². The summed E-state index contributed by atoms with van der Waals surface area (Å²) < 4.78 is 16.0. The number of ether oxygens (including phenoxy) is 3. The minimum absolute atomic E-state index is 0. The van der Waals surface area contributed by atoms with Crippen molar-refractivity contribution in [2.45, 2.75) is 18.3 Å². The zero-order valence-electron chi connectivity index (χ0n) is 16.6. The zero-order chi connectivity index (χ0) is 20.0. The van der Waals surface area contributed by atoms with Gasteiger partial charge in [0, 0.05) is 24.3 Å². The van der Waals surface area contributed by atoms with E-state index in [0.29, 0.717) is 36.5 Å². The van der Waals surface area contributed by atoms with E-state index >= 15 is 0 Å². The lowest BCUT2D eigenvalue weighted by Gasteiger charge is -2.36. The number of nitrogens with two attached hydrogens (primary N) is 1. The Hall–Kier alpha value is -1.71. The Morgan fingerprint density at radius 3 is 2.41 bits per heavy atom. The van der Waals surface area contributed by atoms with Gasteiger partial charge in [0.05, 0.1) is 25.8 Å². The van der Waals surface area contributed by atoms with Crippen molar-refractivity contribution in [1.29, 1.82) is 0 Å². The molecule has 0 atom stereocenters. The molecule has 0 amide bonds. The Morgan fingerprint density at radius 2 is 1.83 bits per heavy atom. The van der Waals surface area contributed by atoms with E-state index in [-0.39, 0.29) is 29.4 Å². The average Bonchev–Trinajstić information content (AvgIpc) is 2.73. The molecular formula is C21H27ClIN3O3. The van der Waals surface area contributed by atoms with Crippen LogP contribution in [0.3, 0.4) is 0 Å². The summed E-state index contributed by atoms with van der Waals surface area (Å²) in [5.74, 6) is 1.80. The van der Waals surface area contributed by atoms with Gasteiger partial charge in [-0.2, -0.15) is 0 Å². The summed E-state index contributed by atoms with van der Waals surface area (Å²) in [6, 6.07) is 13.6. The third kappa shape index (κ3) is 5.90. The lowest BCUT2D eigenvalue weighted by atomic mass is 9.74. The highest BCUT2D eigenvalue weighted by Gasteiger charge is 2.34. The molecule has 1 saturated heterocycles. The molecule has 0 aromatic heterocycles. The molecule has 8 heteroatoms. The van der Waals surface area contributed by atoms with Gasteiger partial charge in [-0.3, -0.25) is 4.99 Å². The number of nitrogens with one attached hydrogen (secondary N) is 1. The van der Waals surface area contributed by atoms with Gasteiger partial charge in [0.25, 0.3) is 0 Å². The molecule has 1 aliphatic rings. The summed E-state index contributed by atoms with van der Waals surface area (Å²) in [5.41, 5.74) is 8.02. The Bertz CT molecular complexity index is 824. The normalized spacial score (nSPS) is 15.9. The summed E-state index contributed by atoms with van der Waals surface area (Å²) in [4.78, 5) is 4.63. The molecule has 2 aromatic rings. The van der Waals surface area contributed by atoms with Gasteiger partial charge < -0.3 is 25.3 Å². The molecule has 0 aliphatic carbocycles. The number of guanidine groups is 1. The maximum atomic E-state index is 6.17. The number of halogens is 2. The molecule has 0 unspecified atom stereocenters. The predicted molar refractivity (Wildman–Crippen MR) is 128 cm³/mol. The van der Waals surface area contributed by atoms with Crippen LogP contribution in [0.2, 0.25) is 5.02 Å². The molecule has 3 rings (SSSR count). The van der Waals surface area contributed by atoms with Gasteiger partial charge in [-0.25, -0.2) is 0 Å². The van der Waals surface area contributed by atoms with E-state index in [2.05, 4.69) is 22.4 Å². The van der Waals surface area contributed by atoms with Crippen molar-refractivity contribution >= 4 is 47.2 Å². The van der Waals surface area contributed by atoms with E-state index in [4.69, 9.17) is 31.5 Å². The molecule has 0 bridgehead atoms. The van der Waals surface area contributed by atoms with Crippen LogP contribution >= 0.6 is 35.6 Å². The smallest absolute Gasteiger partial charge is 0.193 e. The molecular weight excluding hydrogens is 505 g/mol.